The number of imidazole rings is 1. The van der Waals surface area contributed by atoms with Gasteiger partial charge in [-0.2, -0.15) is 0 Å². The molecule has 2 aromatic carbocycles. The Morgan fingerprint density at radius 1 is 1.05 bits per heavy atom. The van der Waals surface area contributed by atoms with Gasteiger partial charge in [0.1, 0.15) is 11.6 Å². The fourth-order valence-corrected chi connectivity index (χ4v) is 2.20. The van der Waals surface area contributed by atoms with Crippen molar-refractivity contribution in [2.45, 2.75) is 0 Å². The molecule has 0 radical (unpaired) electrons. The minimum Gasteiger partial charge on any atom is -0.497 e. The second-order valence-electron chi connectivity index (χ2n) is 4.48. The number of benzene rings is 2. The predicted octanol–water partition coefficient (Wildman–Crippen LogP) is 3.53. The molecule has 3 nitrogen and oxygen atoms in total. The normalized spacial score (nSPS) is 11.0. The van der Waals surface area contributed by atoms with Crippen LogP contribution in [0.4, 0.5) is 8.78 Å². The molecule has 0 bridgehead atoms. The highest BCUT2D eigenvalue weighted by atomic mass is 19.2. The lowest BCUT2D eigenvalue weighted by Crippen LogP contribution is -1.94. The molecule has 5 heteroatoms. The Morgan fingerprint density at radius 2 is 1.85 bits per heavy atom. The van der Waals surface area contributed by atoms with E-state index in [4.69, 9.17) is 4.74 Å². The molecule has 1 aromatic heterocycles. The molecule has 0 aliphatic heterocycles. The van der Waals surface area contributed by atoms with Gasteiger partial charge in [0.25, 0.3) is 0 Å². The lowest BCUT2D eigenvalue weighted by molar-refractivity contribution is 0.415. The van der Waals surface area contributed by atoms with Crippen molar-refractivity contribution >= 4 is 11.0 Å². The van der Waals surface area contributed by atoms with Gasteiger partial charge in [0.15, 0.2) is 11.6 Å². The fourth-order valence-electron chi connectivity index (χ4n) is 2.20. The van der Waals surface area contributed by atoms with E-state index in [0.717, 1.165) is 23.2 Å². The van der Waals surface area contributed by atoms with E-state index in [1.165, 1.54) is 6.07 Å². The summed E-state index contributed by atoms with van der Waals surface area (Å²) in [7, 11) is 3.42. The van der Waals surface area contributed by atoms with Crippen LogP contribution in [-0.2, 0) is 7.05 Å². The summed E-state index contributed by atoms with van der Waals surface area (Å²) in [6.07, 6.45) is 0. The average Bonchev–Trinajstić information content (AvgIpc) is 2.78. The Labute approximate surface area is 114 Å². The summed E-state index contributed by atoms with van der Waals surface area (Å²) in [4.78, 5) is 4.46. The Bertz CT molecular complexity index is 796. The highest BCUT2D eigenvalue weighted by Crippen LogP contribution is 2.27. The van der Waals surface area contributed by atoms with Gasteiger partial charge in [0, 0.05) is 18.7 Å². The number of halogens is 2. The summed E-state index contributed by atoms with van der Waals surface area (Å²) in [5.41, 5.74) is 2.17. The maximum atomic E-state index is 13.3. The molecule has 0 fully saturated rings. The van der Waals surface area contributed by atoms with Gasteiger partial charge in [-0.05, 0) is 30.3 Å². The van der Waals surface area contributed by atoms with Crippen molar-refractivity contribution in [3.63, 3.8) is 0 Å². The first-order chi connectivity index (χ1) is 9.60. The van der Waals surface area contributed by atoms with Gasteiger partial charge in [-0.25, -0.2) is 13.8 Å². The molecule has 0 saturated carbocycles. The summed E-state index contributed by atoms with van der Waals surface area (Å²) in [5.74, 6) is -0.471. The Kier molecular flexibility index (Phi) is 2.89. The summed E-state index contributed by atoms with van der Waals surface area (Å²) in [5, 5.41) is 0. The van der Waals surface area contributed by atoms with Crippen LogP contribution in [0.1, 0.15) is 0 Å². The molecular formula is C15H12F2N2O. The monoisotopic (exact) mass is 274 g/mol. The Balaban J connectivity index is 2.20. The van der Waals surface area contributed by atoms with E-state index in [-0.39, 0.29) is 0 Å². The van der Waals surface area contributed by atoms with Crippen LogP contribution < -0.4 is 4.74 Å². The van der Waals surface area contributed by atoms with Crippen LogP contribution >= 0.6 is 0 Å². The van der Waals surface area contributed by atoms with Gasteiger partial charge < -0.3 is 9.30 Å². The third-order valence-electron chi connectivity index (χ3n) is 3.27. The molecule has 0 atom stereocenters. The topological polar surface area (TPSA) is 27.1 Å². The molecule has 0 spiro atoms. The van der Waals surface area contributed by atoms with E-state index in [0.29, 0.717) is 17.1 Å². The minimum absolute atomic E-state index is 0.529. The van der Waals surface area contributed by atoms with Crippen LogP contribution in [0.5, 0.6) is 5.75 Å². The third-order valence-corrected chi connectivity index (χ3v) is 3.27. The van der Waals surface area contributed by atoms with E-state index in [9.17, 15) is 8.78 Å². The Morgan fingerprint density at radius 3 is 2.55 bits per heavy atom. The zero-order valence-electron chi connectivity index (χ0n) is 11.0. The molecule has 3 rings (SSSR count). The first-order valence-corrected chi connectivity index (χ1v) is 6.06. The van der Waals surface area contributed by atoms with Crippen molar-refractivity contribution in [3.05, 3.63) is 48.0 Å². The van der Waals surface area contributed by atoms with Crippen molar-refractivity contribution < 1.29 is 13.5 Å². The molecule has 20 heavy (non-hydrogen) atoms. The quantitative estimate of drug-likeness (QED) is 0.715. The van der Waals surface area contributed by atoms with Crippen LogP contribution in [-0.4, -0.2) is 16.7 Å². The summed E-state index contributed by atoms with van der Waals surface area (Å²) < 4.78 is 33.3. The second-order valence-corrected chi connectivity index (χ2v) is 4.48. The number of aryl methyl sites for hydroxylation is 1. The lowest BCUT2D eigenvalue weighted by Gasteiger charge is -2.03. The van der Waals surface area contributed by atoms with Crippen LogP contribution in [0.25, 0.3) is 22.4 Å². The smallest absolute Gasteiger partial charge is 0.159 e. The predicted molar refractivity (Wildman–Crippen MR) is 72.6 cm³/mol. The number of hydrogen-bond donors (Lipinski definition) is 0. The molecular weight excluding hydrogens is 262 g/mol. The average molecular weight is 274 g/mol. The number of rotatable bonds is 2. The minimum atomic E-state index is -0.882. The number of methoxy groups -OCH3 is 1. The number of nitrogens with zero attached hydrogens (tertiary/aromatic N) is 2. The van der Waals surface area contributed by atoms with Gasteiger partial charge >= 0.3 is 0 Å². The molecule has 102 valence electrons. The van der Waals surface area contributed by atoms with E-state index in [1.807, 2.05) is 23.7 Å². The molecule has 1 heterocycles. The molecule has 0 N–H and O–H groups in total. The summed E-state index contributed by atoms with van der Waals surface area (Å²) >= 11 is 0. The SMILES string of the molecule is COc1ccc2c(c1)nc(-c1ccc(F)c(F)c1)n2C. The van der Waals surface area contributed by atoms with Crippen molar-refractivity contribution in [1.29, 1.82) is 0 Å². The first-order valence-electron chi connectivity index (χ1n) is 6.06. The van der Waals surface area contributed by atoms with Crippen LogP contribution in [0.3, 0.4) is 0 Å². The van der Waals surface area contributed by atoms with E-state index in [2.05, 4.69) is 4.98 Å². The zero-order valence-corrected chi connectivity index (χ0v) is 11.0. The standard InChI is InChI=1S/C15H12F2N2O/c1-19-14-6-4-10(20-2)8-13(14)18-15(19)9-3-5-11(16)12(17)7-9/h3-8H,1-2H3. The second kappa shape index (κ2) is 4.59. The maximum Gasteiger partial charge on any atom is 0.159 e. The van der Waals surface area contributed by atoms with E-state index >= 15 is 0 Å². The van der Waals surface area contributed by atoms with Gasteiger partial charge in [-0.1, -0.05) is 0 Å². The Hall–Kier alpha value is -2.43. The van der Waals surface area contributed by atoms with Crippen LogP contribution in [0, 0.1) is 11.6 Å². The summed E-state index contributed by atoms with van der Waals surface area (Å²) in [6.45, 7) is 0. The molecule has 0 amide bonds. The molecule has 0 aliphatic carbocycles. The number of aromatic nitrogens is 2. The van der Waals surface area contributed by atoms with Crippen molar-refractivity contribution in [2.24, 2.45) is 7.05 Å². The lowest BCUT2D eigenvalue weighted by atomic mass is 10.2. The van der Waals surface area contributed by atoms with Crippen LogP contribution in [0.15, 0.2) is 36.4 Å². The molecule has 0 aliphatic rings. The van der Waals surface area contributed by atoms with Gasteiger partial charge in [0.2, 0.25) is 0 Å². The zero-order chi connectivity index (χ0) is 14.3. The third kappa shape index (κ3) is 1.91. The van der Waals surface area contributed by atoms with E-state index in [1.54, 1.807) is 13.2 Å². The van der Waals surface area contributed by atoms with Gasteiger partial charge in [0.05, 0.1) is 18.1 Å². The van der Waals surface area contributed by atoms with Crippen LogP contribution in [0.2, 0.25) is 0 Å². The van der Waals surface area contributed by atoms with E-state index < -0.39 is 11.6 Å². The van der Waals surface area contributed by atoms with Crippen molar-refractivity contribution in [3.8, 4) is 17.1 Å². The van der Waals surface area contributed by atoms with Crippen molar-refractivity contribution in [2.75, 3.05) is 7.11 Å². The molecule has 0 saturated heterocycles. The maximum absolute atomic E-state index is 13.3. The molecule has 0 unspecified atom stereocenters. The largest absolute Gasteiger partial charge is 0.497 e. The first kappa shape index (κ1) is 12.6. The number of fused-ring (bicyclic) bond motifs is 1. The van der Waals surface area contributed by atoms with Gasteiger partial charge in [-0.15, -0.1) is 0 Å². The fraction of sp³-hybridized carbons (Fsp3) is 0.133. The van der Waals surface area contributed by atoms with Gasteiger partial charge in [-0.3, -0.25) is 0 Å². The highest BCUT2D eigenvalue weighted by molar-refractivity contribution is 5.81. The number of hydrogen-bond acceptors (Lipinski definition) is 2. The highest BCUT2D eigenvalue weighted by Gasteiger charge is 2.12. The number of ether oxygens (including phenoxy) is 1. The summed E-state index contributed by atoms with van der Waals surface area (Å²) in [6, 6.07) is 9.28. The molecule has 3 aromatic rings. The van der Waals surface area contributed by atoms with Crippen molar-refractivity contribution in [1.82, 2.24) is 9.55 Å².